The highest BCUT2D eigenvalue weighted by Crippen LogP contribution is 2.15. The predicted molar refractivity (Wildman–Crippen MR) is 49.9 cm³/mol. The molecule has 1 saturated heterocycles. The molecule has 72 valence electrons. The lowest BCUT2D eigenvalue weighted by Crippen LogP contribution is -2.38. The molecular weight excluding hydrogens is 152 g/mol. The van der Waals surface area contributed by atoms with Crippen LogP contribution in [0.5, 0.6) is 0 Å². The summed E-state index contributed by atoms with van der Waals surface area (Å²) in [5, 5.41) is 8.84. The van der Waals surface area contributed by atoms with Gasteiger partial charge in [-0.2, -0.15) is 0 Å². The monoisotopic (exact) mass is 172 g/mol. The lowest BCUT2D eigenvalue weighted by molar-refractivity contribution is 0.0942. The van der Waals surface area contributed by atoms with Gasteiger partial charge in [0, 0.05) is 13.1 Å². The van der Waals surface area contributed by atoms with Crippen LogP contribution < -0.4 is 0 Å². The Labute approximate surface area is 75.0 Å². The minimum Gasteiger partial charge on any atom is -0.381 e. The number of aliphatic hydroxyl groups excluding tert-OH is 1. The molecule has 0 spiro atoms. The molecule has 0 saturated carbocycles. The predicted octanol–water partition coefficient (Wildman–Crippen LogP) is 0.210. The smallest absolute Gasteiger partial charge is 0.0954 e. The van der Waals surface area contributed by atoms with Gasteiger partial charge >= 0.3 is 0 Å². The van der Waals surface area contributed by atoms with E-state index in [1.165, 1.54) is 25.9 Å². The van der Waals surface area contributed by atoms with Gasteiger partial charge in [0.25, 0.3) is 0 Å². The van der Waals surface area contributed by atoms with Crippen LogP contribution in [0.3, 0.4) is 0 Å². The maximum atomic E-state index is 8.84. The van der Waals surface area contributed by atoms with E-state index in [1.807, 2.05) is 11.9 Å². The number of hydrogen-bond acceptors (Lipinski definition) is 3. The minimum absolute atomic E-state index is 0.181. The zero-order valence-electron chi connectivity index (χ0n) is 8.16. The Hall–Kier alpha value is -0.120. The lowest BCUT2D eigenvalue weighted by Gasteiger charge is -2.31. The van der Waals surface area contributed by atoms with Crippen LogP contribution in [0.15, 0.2) is 0 Å². The fourth-order valence-electron chi connectivity index (χ4n) is 1.92. The third kappa shape index (κ3) is 3.09. The number of hydrogen-bond donors (Lipinski definition) is 1. The zero-order valence-corrected chi connectivity index (χ0v) is 8.16. The molecule has 0 aromatic heterocycles. The normalized spacial score (nSPS) is 26.5. The quantitative estimate of drug-likeness (QED) is 0.616. The van der Waals surface area contributed by atoms with Crippen molar-refractivity contribution >= 4 is 0 Å². The Kier molecular flexibility index (Phi) is 3.98. The first-order valence-electron chi connectivity index (χ1n) is 4.70. The van der Waals surface area contributed by atoms with Crippen LogP contribution in [0.4, 0.5) is 0 Å². The average molecular weight is 172 g/mol. The number of aliphatic hydroxyl groups is 1. The summed E-state index contributed by atoms with van der Waals surface area (Å²) in [7, 11) is 4.14. The van der Waals surface area contributed by atoms with Gasteiger partial charge in [-0.1, -0.05) is 0 Å². The number of piperidine rings is 1. The largest absolute Gasteiger partial charge is 0.381 e. The van der Waals surface area contributed by atoms with Crippen LogP contribution >= 0.6 is 0 Å². The van der Waals surface area contributed by atoms with Crippen molar-refractivity contribution in [1.29, 1.82) is 0 Å². The topological polar surface area (TPSA) is 26.7 Å². The lowest BCUT2D eigenvalue weighted by atomic mass is 9.98. The van der Waals surface area contributed by atoms with Gasteiger partial charge in [0.05, 0.1) is 6.73 Å². The van der Waals surface area contributed by atoms with E-state index in [-0.39, 0.29) is 6.73 Å². The average Bonchev–Trinajstić information content (AvgIpc) is 2.04. The van der Waals surface area contributed by atoms with Crippen molar-refractivity contribution in [2.24, 2.45) is 5.92 Å². The highest BCUT2D eigenvalue weighted by atomic mass is 16.3. The van der Waals surface area contributed by atoms with Crippen LogP contribution in [-0.2, 0) is 0 Å². The van der Waals surface area contributed by atoms with Crippen LogP contribution in [0.1, 0.15) is 12.8 Å². The van der Waals surface area contributed by atoms with Gasteiger partial charge in [0.2, 0.25) is 0 Å². The highest BCUT2D eigenvalue weighted by Gasteiger charge is 2.17. The molecule has 1 atom stereocenters. The molecule has 0 aromatic carbocycles. The maximum absolute atomic E-state index is 8.84. The molecule has 0 amide bonds. The molecule has 0 aromatic rings. The zero-order chi connectivity index (χ0) is 8.97. The Balaban J connectivity index is 2.22. The van der Waals surface area contributed by atoms with Gasteiger partial charge in [-0.25, -0.2) is 0 Å². The number of likely N-dealkylation sites (tertiary alicyclic amines) is 1. The van der Waals surface area contributed by atoms with Crippen molar-refractivity contribution in [2.45, 2.75) is 12.8 Å². The Morgan fingerprint density at radius 1 is 1.58 bits per heavy atom. The van der Waals surface area contributed by atoms with Crippen LogP contribution in [-0.4, -0.2) is 55.4 Å². The van der Waals surface area contributed by atoms with E-state index in [2.05, 4.69) is 11.9 Å². The summed E-state index contributed by atoms with van der Waals surface area (Å²) in [5.41, 5.74) is 0. The number of rotatable bonds is 3. The second kappa shape index (κ2) is 4.80. The van der Waals surface area contributed by atoms with E-state index in [0.29, 0.717) is 0 Å². The molecular formula is C9H20N2O. The fourth-order valence-corrected chi connectivity index (χ4v) is 1.92. The second-order valence-corrected chi connectivity index (χ2v) is 3.95. The molecule has 0 radical (unpaired) electrons. The molecule has 3 heteroatoms. The van der Waals surface area contributed by atoms with Crippen molar-refractivity contribution in [1.82, 2.24) is 9.80 Å². The second-order valence-electron chi connectivity index (χ2n) is 3.95. The van der Waals surface area contributed by atoms with Gasteiger partial charge in [-0.15, -0.1) is 0 Å². The van der Waals surface area contributed by atoms with Crippen LogP contribution in [0.25, 0.3) is 0 Å². The van der Waals surface area contributed by atoms with E-state index in [4.69, 9.17) is 5.11 Å². The fraction of sp³-hybridized carbons (Fsp3) is 1.00. The van der Waals surface area contributed by atoms with Crippen LogP contribution in [0, 0.1) is 5.92 Å². The summed E-state index contributed by atoms with van der Waals surface area (Å²) >= 11 is 0. The molecule has 1 rings (SSSR count). The molecule has 1 unspecified atom stereocenters. The third-order valence-electron chi connectivity index (χ3n) is 2.53. The summed E-state index contributed by atoms with van der Waals surface area (Å²) < 4.78 is 0. The van der Waals surface area contributed by atoms with Gasteiger partial charge < -0.3 is 10.0 Å². The third-order valence-corrected chi connectivity index (χ3v) is 2.53. The molecule has 0 bridgehead atoms. The number of nitrogens with zero attached hydrogens (tertiary/aromatic N) is 2. The van der Waals surface area contributed by atoms with E-state index in [0.717, 1.165) is 12.5 Å². The summed E-state index contributed by atoms with van der Waals surface area (Å²) in [5.74, 6) is 0.751. The van der Waals surface area contributed by atoms with Crippen molar-refractivity contribution in [3.05, 3.63) is 0 Å². The summed E-state index contributed by atoms with van der Waals surface area (Å²) in [6.45, 7) is 3.63. The molecule has 12 heavy (non-hydrogen) atoms. The van der Waals surface area contributed by atoms with Crippen molar-refractivity contribution in [3.8, 4) is 0 Å². The van der Waals surface area contributed by atoms with Crippen LogP contribution in [0.2, 0.25) is 0 Å². The molecule has 3 nitrogen and oxygen atoms in total. The summed E-state index contributed by atoms with van der Waals surface area (Å²) in [6, 6.07) is 0. The standard InChI is InChI=1S/C9H20N2O/c1-10-5-3-4-9(6-10)7-11(2)8-12/h9,12H,3-8H2,1-2H3. The highest BCUT2D eigenvalue weighted by molar-refractivity contribution is 4.72. The first kappa shape index (κ1) is 9.96. The summed E-state index contributed by atoms with van der Waals surface area (Å²) in [4.78, 5) is 4.35. The Morgan fingerprint density at radius 3 is 2.92 bits per heavy atom. The van der Waals surface area contributed by atoms with Gasteiger partial charge in [0.1, 0.15) is 0 Å². The van der Waals surface area contributed by atoms with Crippen molar-refractivity contribution < 1.29 is 5.11 Å². The molecule has 0 aliphatic carbocycles. The van der Waals surface area contributed by atoms with E-state index >= 15 is 0 Å². The summed E-state index contributed by atoms with van der Waals surface area (Å²) in [6.07, 6.45) is 2.62. The van der Waals surface area contributed by atoms with Gasteiger partial charge in [0.15, 0.2) is 0 Å². The molecule has 1 N–H and O–H groups in total. The Bertz CT molecular complexity index is 130. The van der Waals surface area contributed by atoms with E-state index < -0.39 is 0 Å². The maximum Gasteiger partial charge on any atom is 0.0954 e. The first-order valence-corrected chi connectivity index (χ1v) is 4.70. The Morgan fingerprint density at radius 2 is 2.33 bits per heavy atom. The van der Waals surface area contributed by atoms with E-state index in [9.17, 15) is 0 Å². The molecule has 1 heterocycles. The molecule has 1 aliphatic rings. The molecule has 1 fully saturated rings. The van der Waals surface area contributed by atoms with Gasteiger partial charge in [-0.3, -0.25) is 4.90 Å². The van der Waals surface area contributed by atoms with Gasteiger partial charge in [-0.05, 0) is 39.4 Å². The van der Waals surface area contributed by atoms with Crippen molar-refractivity contribution in [3.63, 3.8) is 0 Å². The SMILES string of the molecule is CN(CO)CC1CCCN(C)C1. The van der Waals surface area contributed by atoms with Crippen molar-refractivity contribution in [2.75, 3.05) is 40.5 Å². The minimum atomic E-state index is 0.181. The first-order chi connectivity index (χ1) is 5.72. The molecule has 1 aliphatic heterocycles. The van der Waals surface area contributed by atoms with E-state index in [1.54, 1.807) is 0 Å².